The topological polar surface area (TPSA) is 56.2 Å². The molecule has 0 aliphatic heterocycles. The first kappa shape index (κ1) is 8.80. The number of aromatic nitrogens is 3. The van der Waals surface area contributed by atoms with E-state index in [9.17, 15) is 0 Å². The van der Waals surface area contributed by atoms with E-state index < -0.39 is 0 Å². The lowest BCUT2D eigenvalue weighted by Gasteiger charge is -2.03. The fraction of sp³-hybridized carbons (Fsp3) is 0.143. The number of nitrogen functional groups attached to an aromatic ring is 1. The molecule has 2 aromatic rings. The van der Waals surface area contributed by atoms with Crippen molar-refractivity contribution in [2.45, 2.75) is 6.92 Å². The average Bonchev–Trinajstić information content (AvgIpc) is 2.36. The third kappa shape index (κ3) is 1.20. The van der Waals surface area contributed by atoms with Crippen LogP contribution in [-0.4, -0.2) is 22.2 Å². The van der Waals surface area contributed by atoms with Crippen molar-refractivity contribution in [2.75, 3.05) is 5.73 Å². The Morgan fingerprint density at radius 2 is 2.31 bits per heavy atom. The molecular weight excluding hydrogens is 278 g/mol. The molecule has 0 bridgehead atoms. The monoisotopic (exact) mass is 284 g/mol. The standard InChI is InChI=1S/C7H6BIN4/c1-3-2-11-6(10)4-5(9)12-7(8)13(3)4/h2H,1H3,(H2,10,11). The second kappa shape index (κ2) is 2.86. The Balaban J connectivity index is 3.03. The Labute approximate surface area is 90.1 Å². The van der Waals surface area contributed by atoms with Gasteiger partial charge in [0, 0.05) is 11.9 Å². The second-order valence-corrected chi connectivity index (χ2v) is 3.75. The smallest absolute Gasteiger partial charge is 0.168 e. The van der Waals surface area contributed by atoms with Crippen LogP contribution in [0.15, 0.2) is 6.20 Å². The van der Waals surface area contributed by atoms with Gasteiger partial charge in [-0.25, -0.2) is 9.97 Å². The molecule has 4 nitrogen and oxygen atoms in total. The summed E-state index contributed by atoms with van der Waals surface area (Å²) in [5, 5.41) is 0. The van der Waals surface area contributed by atoms with Crippen molar-refractivity contribution in [3.8, 4) is 0 Å². The molecule has 0 aliphatic rings. The molecule has 2 aromatic heterocycles. The summed E-state index contributed by atoms with van der Waals surface area (Å²) in [6, 6.07) is 0. The first-order chi connectivity index (χ1) is 6.11. The summed E-state index contributed by atoms with van der Waals surface area (Å²) in [4.78, 5) is 8.16. The van der Waals surface area contributed by atoms with Gasteiger partial charge in [0.25, 0.3) is 0 Å². The molecule has 2 N–H and O–H groups in total. The molecule has 0 spiro atoms. The van der Waals surface area contributed by atoms with Crippen LogP contribution >= 0.6 is 22.6 Å². The number of anilines is 1. The Kier molecular flexibility index (Phi) is 1.94. The summed E-state index contributed by atoms with van der Waals surface area (Å²) in [7, 11) is 5.71. The molecule has 2 heterocycles. The fourth-order valence-corrected chi connectivity index (χ4v) is 2.03. The van der Waals surface area contributed by atoms with E-state index in [0.717, 1.165) is 14.9 Å². The van der Waals surface area contributed by atoms with Crippen molar-refractivity contribution in [1.29, 1.82) is 0 Å². The Bertz CT molecular complexity index is 437. The van der Waals surface area contributed by atoms with Gasteiger partial charge in [0.05, 0.1) is 5.72 Å². The zero-order valence-corrected chi connectivity index (χ0v) is 9.11. The Morgan fingerprint density at radius 1 is 1.62 bits per heavy atom. The van der Waals surface area contributed by atoms with Crippen LogP contribution in [-0.2, 0) is 0 Å². The minimum atomic E-state index is 0.450. The molecule has 64 valence electrons. The second-order valence-electron chi connectivity index (χ2n) is 2.73. The highest BCUT2D eigenvalue weighted by Crippen LogP contribution is 2.16. The molecule has 2 radical (unpaired) electrons. The zero-order chi connectivity index (χ0) is 9.59. The van der Waals surface area contributed by atoms with Crippen LogP contribution in [0, 0.1) is 10.6 Å². The summed E-state index contributed by atoms with van der Waals surface area (Å²) in [5.41, 5.74) is 7.87. The molecular formula is C7H6BIN4. The van der Waals surface area contributed by atoms with E-state index in [1.807, 2.05) is 6.92 Å². The molecule has 0 amide bonds. The van der Waals surface area contributed by atoms with Crippen LogP contribution < -0.4 is 11.5 Å². The first-order valence-electron chi connectivity index (χ1n) is 3.65. The number of nitrogens with two attached hydrogens (primary N) is 1. The van der Waals surface area contributed by atoms with E-state index in [4.69, 9.17) is 13.6 Å². The summed E-state index contributed by atoms with van der Waals surface area (Å²) in [6.07, 6.45) is 1.68. The van der Waals surface area contributed by atoms with Gasteiger partial charge in [0.15, 0.2) is 13.7 Å². The highest BCUT2D eigenvalue weighted by atomic mass is 127. The maximum absolute atomic E-state index is 5.71. The summed E-state index contributed by atoms with van der Waals surface area (Å²) in [5.74, 6) is 0.458. The van der Waals surface area contributed by atoms with Gasteiger partial charge in [-0.1, -0.05) is 0 Å². The van der Waals surface area contributed by atoms with Crippen molar-refractivity contribution >= 4 is 47.5 Å². The number of fused-ring (bicyclic) bond motifs is 1. The number of nitrogens with zero attached hydrogens (tertiary/aromatic N) is 3. The minimum Gasteiger partial charge on any atom is -0.382 e. The van der Waals surface area contributed by atoms with Gasteiger partial charge in [0.1, 0.15) is 9.22 Å². The van der Waals surface area contributed by atoms with Crippen LogP contribution in [0.3, 0.4) is 0 Å². The fourth-order valence-electron chi connectivity index (χ4n) is 1.27. The number of aryl methyl sites for hydroxylation is 1. The van der Waals surface area contributed by atoms with Crippen molar-refractivity contribution in [1.82, 2.24) is 14.4 Å². The van der Waals surface area contributed by atoms with Gasteiger partial charge >= 0.3 is 0 Å². The van der Waals surface area contributed by atoms with Crippen molar-refractivity contribution in [2.24, 2.45) is 0 Å². The van der Waals surface area contributed by atoms with E-state index in [1.54, 1.807) is 10.6 Å². The molecule has 0 atom stereocenters. The lowest BCUT2D eigenvalue weighted by molar-refractivity contribution is 1.08. The average molecular weight is 284 g/mol. The molecule has 0 aromatic carbocycles. The van der Waals surface area contributed by atoms with Crippen LogP contribution in [0.1, 0.15) is 5.69 Å². The molecule has 6 heteroatoms. The highest BCUT2D eigenvalue weighted by molar-refractivity contribution is 14.1. The summed E-state index contributed by atoms with van der Waals surface area (Å²) in [6.45, 7) is 1.91. The van der Waals surface area contributed by atoms with Crippen molar-refractivity contribution in [3.63, 3.8) is 0 Å². The molecule has 2 rings (SSSR count). The predicted molar refractivity (Wildman–Crippen MR) is 60.2 cm³/mol. The van der Waals surface area contributed by atoms with Gasteiger partial charge in [-0.15, -0.1) is 0 Å². The Morgan fingerprint density at radius 3 is 2.92 bits per heavy atom. The van der Waals surface area contributed by atoms with Crippen LogP contribution in [0.5, 0.6) is 0 Å². The summed E-state index contributed by atoms with van der Waals surface area (Å²) >= 11 is 2.09. The number of rotatable bonds is 0. The maximum atomic E-state index is 5.71. The molecule has 0 saturated carbocycles. The van der Waals surface area contributed by atoms with Crippen molar-refractivity contribution in [3.05, 3.63) is 15.6 Å². The van der Waals surface area contributed by atoms with E-state index >= 15 is 0 Å². The summed E-state index contributed by atoms with van der Waals surface area (Å²) < 4.78 is 2.58. The molecule has 0 fully saturated rings. The van der Waals surface area contributed by atoms with Crippen LogP contribution in [0.4, 0.5) is 5.82 Å². The Hall–Kier alpha value is -0.785. The van der Waals surface area contributed by atoms with Gasteiger partial charge in [0.2, 0.25) is 0 Å². The predicted octanol–water partition coefficient (Wildman–Crippen LogP) is 0.0183. The van der Waals surface area contributed by atoms with Crippen LogP contribution in [0.25, 0.3) is 5.52 Å². The normalized spacial score (nSPS) is 10.9. The maximum Gasteiger partial charge on any atom is 0.168 e. The molecule has 0 saturated heterocycles. The largest absolute Gasteiger partial charge is 0.382 e. The third-order valence-corrected chi connectivity index (χ3v) is 2.60. The van der Waals surface area contributed by atoms with E-state index in [1.165, 1.54) is 0 Å². The molecule has 13 heavy (non-hydrogen) atoms. The quantitative estimate of drug-likeness (QED) is 0.548. The SMILES string of the molecule is [B]c1nc(I)c2c(N)ncc(C)n12. The van der Waals surface area contributed by atoms with Gasteiger partial charge in [-0.3, -0.25) is 0 Å². The lowest BCUT2D eigenvalue weighted by atomic mass is 10.1. The van der Waals surface area contributed by atoms with E-state index in [2.05, 4.69) is 32.6 Å². The molecule has 0 aliphatic carbocycles. The van der Waals surface area contributed by atoms with Gasteiger partial charge < -0.3 is 10.1 Å². The zero-order valence-electron chi connectivity index (χ0n) is 6.95. The minimum absolute atomic E-state index is 0.450. The number of hydrogen-bond donors (Lipinski definition) is 1. The van der Waals surface area contributed by atoms with E-state index in [0.29, 0.717) is 11.5 Å². The molecule has 0 unspecified atom stereocenters. The van der Waals surface area contributed by atoms with Gasteiger partial charge in [-0.2, -0.15) is 0 Å². The lowest BCUT2D eigenvalue weighted by Crippen LogP contribution is -2.15. The number of halogens is 1. The van der Waals surface area contributed by atoms with Crippen LogP contribution in [0.2, 0.25) is 0 Å². The first-order valence-corrected chi connectivity index (χ1v) is 4.73. The number of imidazole rings is 1. The highest BCUT2D eigenvalue weighted by Gasteiger charge is 2.10. The third-order valence-electron chi connectivity index (χ3n) is 1.85. The van der Waals surface area contributed by atoms with E-state index in [-0.39, 0.29) is 0 Å². The van der Waals surface area contributed by atoms with Gasteiger partial charge in [-0.05, 0) is 29.5 Å². The number of hydrogen-bond acceptors (Lipinski definition) is 3. The van der Waals surface area contributed by atoms with Crippen molar-refractivity contribution < 1.29 is 0 Å².